The lowest BCUT2D eigenvalue weighted by Gasteiger charge is -2.06. The fraction of sp³-hybridized carbons (Fsp3) is 0.300. The molecule has 1 aromatic carbocycles. The van der Waals surface area contributed by atoms with Gasteiger partial charge < -0.3 is 11.1 Å². The number of nitrogens with one attached hydrogen (secondary N) is 1. The van der Waals surface area contributed by atoms with E-state index < -0.39 is 10.8 Å². The van der Waals surface area contributed by atoms with Crippen LogP contribution in [0.1, 0.15) is 0 Å². The van der Waals surface area contributed by atoms with Crippen molar-refractivity contribution in [2.45, 2.75) is 0 Å². The van der Waals surface area contributed by atoms with Crippen molar-refractivity contribution in [3.63, 3.8) is 0 Å². The number of amides is 1. The number of hydrogen-bond donors (Lipinski definition) is 2. The average molecular weight is 261 g/mol. The van der Waals surface area contributed by atoms with Crippen LogP contribution in [-0.2, 0) is 15.6 Å². The smallest absolute Gasteiger partial charge is 0.237 e. The fourth-order valence-electron chi connectivity index (χ4n) is 1.10. The number of para-hydroxylation sites is 1. The summed E-state index contributed by atoms with van der Waals surface area (Å²) >= 11 is 5.86. The fourth-order valence-corrected chi connectivity index (χ4v) is 2.05. The van der Waals surface area contributed by atoms with E-state index in [1.807, 2.05) is 0 Å². The first-order valence-electron chi connectivity index (χ1n) is 4.73. The summed E-state index contributed by atoms with van der Waals surface area (Å²) in [6, 6.07) is 6.89. The van der Waals surface area contributed by atoms with E-state index in [1.165, 1.54) is 0 Å². The molecule has 0 aliphatic heterocycles. The molecule has 88 valence electrons. The van der Waals surface area contributed by atoms with Crippen molar-refractivity contribution in [1.82, 2.24) is 0 Å². The van der Waals surface area contributed by atoms with Gasteiger partial charge in [-0.05, 0) is 12.1 Å². The third-order valence-corrected chi connectivity index (χ3v) is 3.39. The molecule has 0 bridgehead atoms. The molecular formula is C10H13ClN2O2S. The number of nitrogens with two attached hydrogens (primary N) is 1. The topological polar surface area (TPSA) is 72.2 Å². The molecule has 0 aromatic heterocycles. The molecule has 16 heavy (non-hydrogen) atoms. The van der Waals surface area contributed by atoms with Gasteiger partial charge in [0.15, 0.2) is 0 Å². The van der Waals surface area contributed by atoms with Gasteiger partial charge in [-0.2, -0.15) is 0 Å². The summed E-state index contributed by atoms with van der Waals surface area (Å²) in [7, 11) is -1.21. The second-order valence-electron chi connectivity index (χ2n) is 3.10. The maximum atomic E-state index is 11.4. The lowest BCUT2D eigenvalue weighted by molar-refractivity contribution is -0.113. The van der Waals surface area contributed by atoms with E-state index in [4.69, 9.17) is 17.3 Å². The van der Waals surface area contributed by atoms with Crippen molar-refractivity contribution in [2.75, 3.05) is 23.4 Å². The Morgan fingerprint density at radius 1 is 1.44 bits per heavy atom. The monoisotopic (exact) mass is 260 g/mol. The lowest BCUT2D eigenvalue weighted by Crippen LogP contribution is -2.23. The highest BCUT2D eigenvalue weighted by Gasteiger charge is 2.08. The minimum Gasteiger partial charge on any atom is -0.330 e. The summed E-state index contributed by atoms with van der Waals surface area (Å²) in [6.07, 6.45) is 0. The number of anilines is 1. The third kappa shape index (κ3) is 4.30. The Labute approximate surface area is 102 Å². The van der Waals surface area contributed by atoms with Gasteiger partial charge in [0.25, 0.3) is 0 Å². The quantitative estimate of drug-likeness (QED) is 0.829. The Balaban J connectivity index is 2.52. The SMILES string of the molecule is NCCS(=O)CC(=O)Nc1ccccc1Cl. The maximum Gasteiger partial charge on any atom is 0.237 e. The summed E-state index contributed by atoms with van der Waals surface area (Å²) in [4.78, 5) is 11.4. The molecule has 4 nitrogen and oxygen atoms in total. The van der Waals surface area contributed by atoms with Crippen LogP contribution in [0.3, 0.4) is 0 Å². The van der Waals surface area contributed by atoms with Gasteiger partial charge in [-0.3, -0.25) is 9.00 Å². The lowest BCUT2D eigenvalue weighted by atomic mass is 10.3. The average Bonchev–Trinajstić information content (AvgIpc) is 2.21. The summed E-state index contributed by atoms with van der Waals surface area (Å²) in [5.74, 6) is -0.0434. The molecule has 1 atom stereocenters. The summed E-state index contributed by atoms with van der Waals surface area (Å²) in [5.41, 5.74) is 5.76. The molecule has 0 saturated carbocycles. The van der Waals surface area contributed by atoms with E-state index in [1.54, 1.807) is 24.3 Å². The zero-order chi connectivity index (χ0) is 12.0. The van der Waals surface area contributed by atoms with Crippen molar-refractivity contribution >= 4 is 34.0 Å². The molecule has 0 saturated heterocycles. The van der Waals surface area contributed by atoms with Gasteiger partial charge in [0.1, 0.15) is 5.75 Å². The van der Waals surface area contributed by atoms with Crippen molar-refractivity contribution in [3.05, 3.63) is 29.3 Å². The van der Waals surface area contributed by atoms with Crippen LogP contribution in [-0.4, -0.2) is 28.2 Å². The molecule has 1 aromatic rings. The molecule has 0 spiro atoms. The summed E-state index contributed by atoms with van der Waals surface area (Å²) in [6.45, 7) is 0.311. The second-order valence-corrected chi connectivity index (χ2v) is 5.09. The highest BCUT2D eigenvalue weighted by molar-refractivity contribution is 7.85. The van der Waals surface area contributed by atoms with Gasteiger partial charge in [-0.15, -0.1) is 0 Å². The van der Waals surface area contributed by atoms with Crippen LogP contribution in [0.25, 0.3) is 0 Å². The molecular weight excluding hydrogens is 248 g/mol. The number of halogens is 1. The van der Waals surface area contributed by atoms with Crippen molar-refractivity contribution < 1.29 is 9.00 Å². The molecule has 6 heteroatoms. The second kappa shape index (κ2) is 6.62. The third-order valence-electron chi connectivity index (χ3n) is 1.79. The van der Waals surface area contributed by atoms with Crippen molar-refractivity contribution in [2.24, 2.45) is 5.73 Å². The van der Waals surface area contributed by atoms with E-state index in [0.717, 1.165) is 0 Å². The minimum atomic E-state index is -1.21. The molecule has 0 aliphatic carbocycles. The molecule has 1 rings (SSSR count). The van der Waals surface area contributed by atoms with E-state index in [2.05, 4.69) is 5.32 Å². The number of hydrogen-bond acceptors (Lipinski definition) is 3. The zero-order valence-electron chi connectivity index (χ0n) is 8.61. The number of benzene rings is 1. The van der Waals surface area contributed by atoms with E-state index in [0.29, 0.717) is 23.0 Å². The number of rotatable bonds is 5. The Morgan fingerprint density at radius 3 is 2.75 bits per heavy atom. The van der Waals surface area contributed by atoms with E-state index >= 15 is 0 Å². The predicted molar refractivity (Wildman–Crippen MR) is 67.0 cm³/mol. The van der Waals surface area contributed by atoms with E-state index in [9.17, 15) is 9.00 Å². The molecule has 3 N–H and O–H groups in total. The highest BCUT2D eigenvalue weighted by atomic mass is 35.5. The van der Waals surface area contributed by atoms with Crippen LogP contribution < -0.4 is 11.1 Å². The number of carbonyl (C=O) groups excluding carboxylic acids is 1. The molecule has 0 radical (unpaired) electrons. The first-order valence-corrected chi connectivity index (χ1v) is 6.59. The largest absolute Gasteiger partial charge is 0.330 e. The van der Waals surface area contributed by atoms with Gasteiger partial charge in [0.2, 0.25) is 5.91 Å². The van der Waals surface area contributed by atoms with Gasteiger partial charge in [-0.1, -0.05) is 23.7 Å². The van der Waals surface area contributed by atoms with Crippen LogP contribution in [0, 0.1) is 0 Å². The first kappa shape index (κ1) is 13.2. The zero-order valence-corrected chi connectivity index (χ0v) is 10.2. The van der Waals surface area contributed by atoms with Crippen LogP contribution in [0.4, 0.5) is 5.69 Å². The van der Waals surface area contributed by atoms with Crippen LogP contribution in [0.5, 0.6) is 0 Å². The van der Waals surface area contributed by atoms with Crippen LogP contribution in [0.2, 0.25) is 5.02 Å². The van der Waals surface area contributed by atoms with Gasteiger partial charge >= 0.3 is 0 Å². The van der Waals surface area contributed by atoms with Gasteiger partial charge in [-0.25, -0.2) is 0 Å². The molecule has 1 unspecified atom stereocenters. The molecule has 1 amide bonds. The molecule has 0 aliphatic rings. The van der Waals surface area contributed by atoms with E-state index in [-0.39, 0.29) is 11.7 Å². The Hall–Kier alpha value is -0.910. The molecule has 0 fully saturated rings. The predicted octanol–water partition coefficient (Wildman–Crippen LogP) is 0.986. The number of carbonyl (C=O) groups is 1. The van der Waals surface area contributed by atoms with Gasteiger partial charge in [0, 0.05) is 23.1 Å². The Morgan fingerprint density at radius 2 is 2.12 bits per heavy atom. The van der Waals surface area contributed by atoms with Crippen LogP contribution >= 0.6 is 11.6 Å². The minimum absolute atomic E-state index is 0.0532. The first-order chi connectivity index (χ1) is 7.63. The van der Waals surface area contributed by atoms with Gasteiger partial charge in [0.05, 0.1) is 10.7 Å². The normalized spacial score (nSPS) is 12.1. The highest BCUT2D eigenvalue weighted by Crippen LogP contribution is 2.20. The van der Waals surface area contributed by atoms with Crippen molar-refractivity contribution in [1.29, 1.82) is 0 Å². The Bertz CT molecular complexity index is 398. The van der Waals surface area contributed by atoms with Crippen LogP contribution in [0.15, 0.2) is 24.3 Å². The van der Waals surface area contributed by atoms with Crippen molar-refractivity contribution in [3.8, 4) is 0 Å². The molecule has 0 heterocycles. The standard InChI is InChI=1S/C10H13ClN2O2S/c11-8-3-1-2-4-9(8)13-10(14)7-16(15)6-5-12/h1-4H,5-7,12H2,(H,13,14). The maximum absolute atomic E-state index is 11.4. The Kier molecular flexibility index (Phi) is 5.45. The summed E-state index contributed by atoms with van der Waals surface area (Å²) in [5, 5.41) is 3.05. The summed E-state index contributed by atoms with van der Waals surface area (Å²) < 4.78 is 11.3.